The molecule has 0 bridgehead atoms. The van der Waals surface area contributed by atoms with Crippen LogP contribution < -0.4 is 20.5 Å². The largest absolute Gasteiger partial charge is 0.489 e. The summed E-state index contributed by atoms with van der Waals surface area (Å²) in [7, 11) is 0. The zero-order valence-electron chi connectivity index (χ0n) is 19.5. The highest BCUT2D eigenvalue weighted by Crippen LogP contribution is 2.40. The normalized spacial score (nSPS) is 13.4. The molecule has 5 nitrogen and oxygen atoms in total. The van der Waals surface area contributed by atoms with Gasteiger partial charge in [-0.25, -0.2) is 0 Å². The molecule has 0 heterocycles. The van der Waals surface area contributed by atoms with Crippen LogP contribution in [0.2, 0.25) is 10.0 Å². The van der Waals surface area contributed by atoms with Gasteiger partial charge in [-0.2, -0.15) is 0 Å². The van der Waals surface area contributed by atoms with Crippen molar-refractivity contribution in [2.24, 2.45) is 5.92 Å². The zero-order chi connectivity index (χ0) is 24.4. The Morgan fingerprint density at radius 2 is 1.82 bits per heavy atom. The number of hydrogen-bond donors (Lipinski definition) is 4. The van der Waals surface area contributed by atoms with Crippen molar-refractivity contribution >= 4 is 46.5 Å². The first kappa shape index (κ1) is 27.7. The van der Waals surface area contributed by atoms with Gasteiger partial charge in [0.1, 0.15) is 12.4 Å². The lowest BCUT2D eigenvalue weighted by molar-refractivity contribution is 0.232. The minimum absolute atomic E-state index is 0.0113. The molecule has 33 heavy (non-hydrogen) atoms. The van der Waals surface area contributed by atoms with Crippen molar-refractivity contribution in [2.75, 3.05) is 30.8 Å². The SMILES string of the molecule is C=CCOc1cc(Cl)c(Cl)cc1C(NSC(C)(C)C)C(CCO)CCNc1ccc(N)cc1. The van der Waals surface area contributed by atoms with Crippen LogP contribution in [0.4, 0.5) is 11.4 Å². The fourth-order valence-electron chi connectivity index (χ4n) is 3.36. The Hall–Kier alpha value is -1.57. The maximum Gasteiger partial charge on any atom is 0.126 e. The molecule has 2 aromatic rings. The Bertz CT molecular complexity index is 888. The Morgan fingerprint density at radius 1 is 1.15 bits per heavy atom. The number of nitrogens with one attached hydrogen (secondary N) is 2. The molecule has 0 aliphatic heterocycles. The number of rotatable bonds is 13. The first-order chi connectivity index (χ1) is 15.6. The van der Waals surface area contributed by atoms with E-state index in [1.54, 1.807) is 24.1 Å². The van der Waals surface area contributed by atoms with Gasteiger partial charge in [0.25, 0.3) is 0 Å². The zero-order valence-corrected chi connectivity index (χ0v) is 21.9. The third-order valence-electron chi connectivity index (χ3n) is 4.96. The number of nitrogens with two attached hydrogens (primary N) is 1. The average Bonchev–Trinajstić information content (AvgIpc) is 2.75. The summed E-state index contributed by atoms with van der Waals surface area (Å²) in [5.41, 5.74) is 8.43. The van der Waals surface area contributed by atoms with Gasteiger partial charge >= 0.3 is 0 Å². The molecule has 2 atom stereocenters. The third kappa shape index (κ3) is 9.30. The van der Waals surface area contributed by atoms with E-state index in [1.807, 2.05) is 30.3 Å². The van der Waals surface area contributed by atoms with Crippen LogP contribution in [0.3, 0.4) is 0 Å². The van der Waals surface area contributed by atoms with Crippen molar-refractivity contribution in [3.8, 4) is 5.75 Å². The lowest BCUT2D eigenvalue weighted by Gasteiger charge is -2.32. The van der Waals surface area contributed by atoms with Gasteiger partial charge in [0, 0.05) is 46.9 Å². The predicted molar refractivity (Wildman–Crippen MR) is 145 cm³/mol. The molecule has 2 aromatic carbocycles. The Kier molecular flexibility index (Phi) is 11.2. The van der Waals surface area contributed by atoms with Gasteiger partial charge in [-0.1, -0.05) is 47.8 Å². The fourth-order valence-corrected chi connectivity index (χ4v) is 4.49. The van der Waals surface area contributed by atoms with Crippen LogP contribution in [-0.4, -0.2) is 29.6 Å². The highest BCUT2D eigenvalue weighted by Gasteiger charge is 2.28. The highest BCUT2D eigenvalue weighted by molar-refractivity contribution is 7.98. The van der Waals surface area contributed by atoms with Crippen molar-refractivity contribution in [1.82, 2.24) is 4.72 Å². The minimum Gasteiger partial charge on any atom is -0.489 e. The minimum atomic E-state index is -0.121. The molecular formula is C25H35Cl2N3O2S. The summed E-state index contributed by atoms with van der Waals surface area (Å²) >= 11 is 14.4. The summed E-state index contributed by atoms with van der Waals surface area (Å²) in [5, 5.41) is 14.2. The van der Waals surface area contributed by atoms with E-state index < -0.39 is 0 Å². The van der Waals surface area contributed by atoms with E-state index in [-0.39, 0.29) is 23.3 Å². The Labute approximate surface area is 212 Å². The average molecular weight is 513 g/mol. The lowest BCUT2D eigenvalue weighted by atomic mass is 9.88. The molecule has 0 radical (unpaired) electrons. The van der Waals surface area contributed by atoms with E-state index in [1.165, 1.54) is 0 Å². The molecule has 182 valence electrons. The van der Waals surface area contributed by atoms with E-state index in [2.05, 4.69) is 37.4 Å². The molecule has 8 heteroatoms. The van der Waals surface area contributed by atoms with Crippen LogP contribution in [0.15, 0.2) is 49.1 Å². The number of nitrogen functional groups attached to an aromatic ring is 1. The summed E-state index contributed by atoms with van der Waals surface area (Å²) in [6.45, 7) is 11.4. The quantitative estimate of drug-likeness (QED) is 0.136. The Morgan fingerprint density at radius 3 is 2.42 bits per heavy atom. The van der Waals surface area contributed by atoms with Crippen LogP contribution in [0, 0.1) is 5.92 Å². The summed E-state index contributed by atoms with van der Waals surface area (Å²) < 4.78 is 9.57. The van der Waals surface area contributed by atoms with E-state index in [0.717, 1.165) is 29.9 Å². The van der Waals surface area contributed by atoms with Crippen molar-refractivity contribution in [3.63, 3.8) is 0 Å². The first-order valence-electron chi connectivity index (χ1n) is 11.0. The van der Waals surface area contributed by atoms with Gasteiger partial charge in [0.15, 0.2) is 0 Å². The molecule has 2 unspecified atom stereocenters. The van der Waals surface area contributed by atoms with Crippen LogP contribution >= 0.6 is 35.1 Å². The molecule has 0 fully saturated rings. The smallest absolute Gasteiger partial charge is 0.126 e. The second-order valence-corrected chi connectivity index (χ2v) is 11.3. The monoisotopic (exact) mass is 511 g/mol. The standard InChI is InChI=1S/C25H35Cl2N3O2S/c1-5-14-32-23-16-22(27)21(26)15-20(23)24(30-33-25(2,3)4)17(11-13-31)10-12-29-19-8-6-18(28)7-9-19/h5-9,15-17,24,29-31H,1,10-14,28H2,2-4H3. The van der Waals surface area contributed by atoms with Crippen LogP contribution in [0.25, 0.3) is 0 Å². The molecule has 5 N–H and O–H groups in total. The second kappa shape index (κ2) is 13.4. The molecule has 0 aliphatic rings. The van der Waals surface area contributed by atoms with Crippen LogP contribution in [0.1, 0.15) is 45.2 Å². The van der Waals surface area contributed by atoms with Crippen molar-refractivity contribution < 1.29 is 9.84 Å². The van der Waals surface area contributed by atoms with Crippen molar-refractivity contribution in [3.05, 3.63) is 64.7 Å². The van der Waals surface area contributed by atoms with Gasteiger partial charge in [-0.3, -0.25) is 4.72 Å². The van der Waals surface area contributed by atoms with Crippen molar-refractivity contribution in [2.45, 2.75) is 44.4 Å². The number of aliphatic hydroxyl groups excluding tert-OH is 1. The second-order valence-electron chi connectivity index (χ2n) is 8.82. The molecular weight excluding hydrogens is 477 g/mol. The van der Waals surface area contributed by atoms with E-state index in [0.29, 0.717) is 28.8 Å². The fraction of sp³-hybridized carbons (Fsp3) is 0.440. The van der Waals surface area contributed by atoms with Gasteiger partial charge in [-0.15, -0.1) is 0 Å². The Balaban J connectivity index is 2.32. The number of halogens is 2. The van der Waals surface area contributed by atoms with Crippen LogP contribution in [0.5, 0.6) is 5.75 Å². The van der Waals surface area contributed by atoms with Crippen molar-refractivity contribution in [1.29, 1.82) is 0 Å². The van der Waals surface area contributed by atoms with Gasteiger partial charge < -0.3 is 20.9 Å². The van der Waals surface area contributed by atoms with Gasteiger partial charge in [0.05, 0.1) is 10.0 Å². The maximum atomic E-state index is 9.86. The maximum absolute atomic E-state index is 9.86. The van der Waals surface area contributed by atoms with Gasteiger partial charge in [-0.05, 0) is 69.9 Å². The number of anilines is 2. The molecule has 0 aliphatic carbocycles. The molecule has 0 amide bonds. The highest BCUT2D eigenvalue weighted by atomic mass is 35.5. The van der Waals surface area contributed by atoms with Gasteiger partial charge in [0.2, 0.25) is 0 Å². The summed E-state index contributed by atoms with van der Waals surface area (Å²) in [5.74, 6) is 0.764. The third-order valence-corrected chi connectivity index (χ3v) is 6.67. The first-order valence-corrected chi connectivity index (χ1v) is 12.6. The topological polar surface area (TPSA) is 79.5 Å². The number of benzene rings is 2. The molecule has 2 rings (SSSR count). The summed E-state index contributed by atoms with van der Waals surface area (Å²) in [4.78, 5) is 0. The number of hydrogen-bond acceptors (Lipinski definition) is 6. The predicted octanol–water partition coefficient (Wildman–Crippen LogP) is 6.72. The molecule has 0 saturated heterocycles. The lowest BCUT2D eigenvalue weighted by Crippen LogP contribution is -2.30. The van der Waals surface area contributed by atoms with E-state index in [9.17, 15) is 5.11 Å². The van der Waals surface area contributed by atoms with E-state index >= 15 is 0 Å². The molecule has 0 saturated carbocycles. The number of aliphatic hydroxyl groups is 1. The molecule has 0 spiro atoms. The number of ether oxygens (including phenoxy) is 1. The summed E-state index contributed by atoms with van der Waals surface area (Å²) in [6, 6.07) is 11.2. The van der Waals surface area contributed by atoms with Crippen LogP contribution in [-0.2, 0) is 0 Å². The molecule has 0 aromatic heterocycles. The summed E-state index contributed by atoms with van der Waals surface area (Å²) in [6.07, 6.45) is 3.13. The van der Waals surface area contributed by atoms with E-state index in [4.69, 9.17) is 33.7 Å².